The van der Waals surface area contributed by atoms with Gasteiger partial charge in [0, 0.05) is 18.7 Å². The Labute approximate surface area is 124 Å². The van der Waals surface area contributed by atoms with Gasteiger partial charge in [-0.3, -0.25) is 0 Å². The number of nitrogens with one attached hydrogen (secondary N) is 1. The maximum Gasteiger partial charge on any atom is 0.162 e. The molecule has 108 valence electrons. The second-order valence-electron chi connectivity index (χ2n) is 4.61. The van der Waals surface area contributed by atoms with Crippen LogP contribution in [0.2, 0.25) is 0 Å². The fourth-order valence-corrected chi connectivity index (χ4v) is 2.02. The number of hydrogen-bond acceptors (Lipinski definition) is 4. The van der Waals surface area contributed by atoms with Crippen LogP contribution in [0.15, 0.2) is 42.5 Å². The zero-order chi connectivity index (χ0) is 15.1. The molecular weight excluding hydrogens is 264 g/mol. The molecule has 0 aliphatic carbocycles. The molecule has 0 saturated carbocycles. The lowest BCUT2D eigenvalue weighted by atomic mass is 10.1. The summed E-state index contributed by atoms with van der Waals surface area (Å²) in [7, 11) is 0. The Kier molecular flexibility index (Phi) is 5.19. The van der Waals surface area contributed by atoms with Crippen LogP contribution in [0.4, 0.5) is 0 Å². The first-order valence-electron chi connectivity index (χ1n) is 6.88. The van der Waals surface area contributed by atoms with Crippen molar-refractivity contribution in [2.45, 2.75) is 20.0 Å². The van der Waals surface area contributed by atoms with Crippen molar-refractivity contribution in [1.29, 1.82) is 5.26 Å². The minimum absolute atomic E-state index is 0.187. The molecule has 4 heteroatoms. The van der Waals surface area contributed by atoms with Gasteiger partial charge in [0.15, 0.2) is 11.5 Å². The van der Waals surface area contributed by atoms with Gasteiger partial charge in [0.05, 0.1) is 18.2 Å². The van der Waals surface area contributed by atoms with Gasteiger partial charge in [-0.15, -0.1) is 0 Å². The van der Waals surface area contributed by atoms with Crippen LogP contribution in [0.5, 0.6) is 11.5 Å². The number of nitriles is 1. The predicted molar refractivity (Wildman–Crippen MR) is 81.0 cm³/mol. The molecule has 0 atom stereocenters. The Balaban J connectivity index is 1.94. The zero-order valence-electron chi connectivity index (χ0n) is 12.0. The van der Waals surface area contributed by atoms with Crippen LogP contribution < -0.4 is 10.1 Å². The van der Waals surface area contributed by atoms with E-state index in [0.717, 1.165) is 11.1 Å². The third kappa shape index (κ3) is 3.98. The SMILES string of the molecule is CCOc1cccc(CNCc2ccc(C#N)cc2)c1O. The molecule has 0 aliphatic heterocycles. The topological polar surface area (TPSA) is 65.3 Å². The normalized spacial score (nSPS) is 10.1. The molecule has 2 aromatic carbocycles. The van der Waals surface area contributed by atoms with Gasteiger partial charge in [-0.25, -0.2) is 0 Å². The maximum atomic E-state index is 10.1. The first-order chi connectivity index (χ1) is 10.2. The highest BCUT2D eigenvalue weighted by Crippen LogP contribution is 2.29. The van der Waals surface area contributed by atoms with Crippen LogP contribution in [0.25, 0.3) is 0 Å². The van der Waals surface area contributed by atoms with E-state index in [1.54, 1.807) is 18.2 Å². The average molecular weight is 282 g/mol. The molecule has 21 heavy (non-hydrogen) atoms. The molecule has 0 aliphatic rings. The number of hydrogen-bond donors (Lipinski definition) is 2. The summed E-state index contributed by atoms with van der Waals surface area (Å²) in [5.41, 5.74) is 2.55. The van der Waals surface area contributed by atoms with E-state index < -0.39 is 0 Å². The van der Waals surface area contributed by atoms with Gasteiger partial charge in [-0.1, -0.05) is 24.3 Å². The van der Waals surface area contributed by atoms with Crippen molar-refractivity contribution in [1.82, 2.24) is 5.32 Å². The number of rotatable bonds is 6. The Morgan fingerprint density at radius 3 is 2.57 bits per heavy atom. The molecule has 4 nitrogen and oxygen atoms in total. The second-order valence-corrected chi connectivity index (χ2v) is 4.61. The van der Waals surface area contributed by atoms with Crippen LogP contribution in [-0.2, 0) is 13.1 Å². The van der Waals surface area contributed by atoms with Crippen molar-refractivity contribution >= 4 is 0 Å². The van der Waals surface area contributed by atoms with Crippen molar-refractivity contribution in [3.8, 4) is 17.6 Å². The molecule has 0 aromatic heterocycles. The molecule has 0 fully saturated rings. The molecule has 2 aromatic rings. The molecule has 0 spiro atoms. The third-order valence-electron chi connectivity index (χ3n) is 3.11. The highest BCUT2D eigenvalue weighted by atomic mass is 16.5. The molecule has 2 rings (SSSR count). The van der Waals surface area contributed by atoms with Gasteiger partial charge in [0.2, 0.25) is 0 Å². The fraction of sp³-hybridized carbons (Fsp3) is 0.235. The largest absolute Gasteiger partial charge is 0.504 e. The average Bonchev–Trinajstić information content (AvgIpc) is 2.52. The number of phenols is 1. The smallest absolute Gasteiger partial charge is 0.162 e. The quantitative estimate of drug-likeness (QED) is 0.855. The van der Waals surface area contributed by atoms with E-state index in [1.165, 1.54) is 0 Å². The summed E-state index contributed by atoms with van der Waals surface area (Å²) in [5, 5.41) is 22.1. The summed E-state index contributed by atoms with van der Waals surface area (Å²) < 4.78 is 5.36. The molecule has 2 N–H and O–H groups in total. The lowest BCUT2D eigenvalue weighted by Crippen LogP contribution is -2.13. The lowest BCUT2D eigenvalue weighted by molar-refractivity contribution is 0.316. The van der Waals surface area contributed by atoms with E-state index in [-0.39, 0.29) is 5.75 Å². The Bertz CT molecular complexity index is 630. The second kappa shape index (κ2) is 7.32. The van der Waals surface area contributed by atoms with Crippen LogP contribution in [0.1, 0.15) is 23.6 Å². The van der Waals surface area contributed by atoms with E-state index in [9.17, 15) is 5.11 Å². The summed E-state index contributed by atoms with van der Waals surface area (Å²) >= 11 is 0. The number of ether oxygens (including phenoxy) is 1. The van der Waals surface area contributed by atoms with E-state index in [4.69, 9.17) is 10.00 Å². The van der Waals surface area contributed by atoms with Crippen molar-refractivity contribution in [2.75, 3.05) is 6.61 Å². The minimum Gasteiger partial charge on any atom is -0.504 e. The number of phenolic OH excluding ortho intramolecular Hbond substituents is 1. The zero-order valence-corrected chi connectivity index (χ0v) is 12.0. The standard InChI is InChI=1S/C17H18N2O2/c1-2-21-16-5-3-4-15(17(16)20)12-19-11-14-8-6-13(10-18)7-9-14/h3-9,19-20H,2,11-12H2,1H3. The number of benzene rings is 2. The predicted octanol–water partition coefficient (Wildman–Crippen LogP) is 2.95. The number of aromatic hydroxyl groups is 1. The van der Waals surface area contributed by atoms with Crippen LogP contribution in [0.3, 0.4) is 0 Å². The minimum atomic E-state index is 0.187. The molecule has 0 bridgehead atoms. The molecule has 0 unspecified atom stereocenters. The van der Waals surface area contributed by atoms with Crippen LogP contribution in [0, 0.1) is 11.3 Å². The first-order valence-corrected chi connectivity index (χ1v) is 6.88. The van der Waals surface area contributed by atoms with Crippen LogP contribution in [-0.4, -0.2) is 11.7 Å². The maximum absolute atomic E-state index is 10.1. The van der Waals surface area contributed by atoms with E-state index in [2.05, 4.69) is 11.4 Å². The van der Waals surface area contributed by atoms with E-state index >= 15 is 0 Å². The molecule has 0 radical (unpaired) electrons. The summed E-state index contributed by atoms with van der Waals surface area (Å²) in [5.74, 6) is 0.696. The molecule has 0 amide bonds. The summed E-state index contributed by atoms with van der Waals surface area (Å²) in [4.78, 5) is 0. The fourth-order valence-electron chi connectivity index (χ4n) is 2.02. The van der Waals surface area contributed by atoms with Crippen molar-refractivity contribution in [2.24, 2.45) is 0 Å². The van der Waals surface area contributed by atoms with Gasteiger partial charge in [-0.05, 0) is 30.7 Å². The van der Waals surface area contributed by atoms with E-state index in [0.29, 0.717) is 31.0 Å². The Morgan fingerprint density at radius 2 is 1.90 bits per heavy atom. The Morgan fingerprint density at radius 1 is 1.14 bits per heavy atom. The summed E-state index contributed by atoms with van der Waals surface area (Å²) in [6.07, 6.45) is 0. The Hall–Kier alpha value is -2.51. The van der Waals surface area contributed by atoms with Gasteiger partial charge in [0.25, 0.3) is 0 Å². The molecular formula is C17H18N2O2. The number of para-hydroxylation sites is 1. The van der Waals surface area contributed by atoms with Crippen LogP contribution >= 0.6 is 0 Å². The van der Waals surface area contributed by atoms with Crippen molar-refractivity contribution in [3.63, 3.8) is 0 Å². The van der Waals surface area contributed by atoms with Crippen molar-refractivity contribution in [3.05, 3.63) is 59.2 Å². The molecule has 0 heterocycles. The van der Waals surface area contributed by atoms with Gasteiger partial charge in [0.1, 0.15) is 0 Å². The van der Waals surface area contributed by atoms with Gasteiger partial charge < -0.3 is 15.2 Å². The highest BCUT2D eigenvalue weighted by molar-refractivity contribution is 5.45. The molecule has 0 saturated heterocycles. The van der Waals surface area contributed by atoms with Gasteiger partial charge >= 0.3 is 0 Å². The summed E-state index contributed by atoms with van der Waals surface area (Å²) in [6, 6.07) is 15.0. The summed E-state index contributed by atoms with van der Waals surface area (Å²) in [6.45, 7) is 3.63. The van der Waals surface area contributed by atoms with Gasteiger partial charge in [-0.2, -0.15) is 5.26 Å². The number of nitrogens with zero attached hydrogens (tertiary/aromatic N) is 1. The highest BCUT2D eigenvalue weighted by Gasteiger charge is 2.07. The van der Waals surface area contributed by atoms with E-state index in [1.807, 2.05) is 31.2 Å². The lowest BCUT2D eigenvalue weighted by Gasteiger charge is -2.11. The van der Waals surface area contributed by atoms with Crippen molar-refractivity contribution < 1.29 is 9.84 Å². The monoisotopic (exact) mass is 282 g/mol. The first kappa shape index (κ1) is 14.9. The third-order valence-corrected chi connectivity index (χ3v) is 3.11.